The summed E-state index contributed by atoms with van der Waals surface area (Å²) in [5.41, 5.74) is -1.43. The van der Waals surface area contributed by atoms with Crippen molar-refractivity contribution in [3.05, 3.63) is 48.2 Å². The first kappa shape index (κ1) is 16.1. The van der Waals surface area contributed by atoms with Gasteiger partial charge in [0.25, 0.3) is 0 Å². The van der Waals surface area contributed by atoms with Gasteiger partial charge in [0.15, 0.2) is 0 Å². The molecule has 2 aliphatic rings. The van der Waals surface area contributed by atoms with Gasteiger partial charge in [0.05, 0.1) is 21.9 Å². The predicted molar refractivity (Wildman–Crippen MR) is 89.8 cm³/mol. The van der Waals surface area contributed by atoms with Crippen LogP contribution in [0.4, 0.5) is 18.9 Å². The molecule has 27 heavy (non-hydrogen) atoms. The number of aromatic nitrogens is 4. The molecule has 1 N–H and O–H groups in total. The summed E-state index contributed by atoms with van der Waals surface area (Å²) < 4.78 is 42.0. The van der Waals surface area contributed by atoms with E-state index in [0.717, 1.165) is 0 Å². The van der Waals surface area contributed by atoms with E-state index in [1.807, 2.05) is 0 Å². The van der Waals surface area contributed by atoms with Crippen LogP contribution < -0.4 is 4.90 Å². The summed E-state index contributed by atoms with van der Waals surface area (Å²) in [5, 5.41) is 16.3. The van der Waals surface area contributed by atoms with E-state index in [1.165, 1.54) is 6.33 Å². The number of halogens is 3. The highest BCUT2D eigenvalue weighted by molar-refractivity contribution is 5.95. The second kappa shape index (κ2) is 4.97. The highest BCUT2D eigenvalue weighted by Crippen LogP contribution is 2.74. The number of aromatic amines is 1. The van der Waals surface area contributed by atoms with Crippen LogP contribution in [0, 0.1) is 16.7 Å². The van der Waals surface area contributed by atoms with Crippen molar-refractivity contribution in [2.45, 2.75) is 18.0 Å². The zero-order chi connectivity index (χ0) is 18.9. The summed E-state index contributed by atoms with van der Waals surface area (Å²) in [6.07, 6.45) is -1.54. The summed E-state index contributed by atoms with van der Waals surface area (Å²) in [6, 6.07) is 8.89. The number of nitriles is 1. The van der Waals surface area contributed by atoms with Gasteiger partial charge in [0.1, 0.15) is 18.2 Å². The number of nitrogens with one attached hydrogen (secondary N) is 1. The molecule has 1 aliphatic heterocycles. The van der Waals surface area contributed by atoms with E-state index in [2.05, 4.69) is 26.2 Å². The van der Waals surface area contributed by atoms with Gasteiger partial charge in [-0.3, -0.25) is 10.1 Å². The number of nitrogens with zero attached hydrogens (tertiary/aromatic N) is 5. The van der Waals surface area contributed by atoms with Crippen LogP contribution in [-0.2, 0) is 5.41 Å². The Morgan fingerprint density at radius 1 is 1.19 bits per heavy atom. The van der Waals surface area contributed by atoms with Gasteiger partial charge < -0.3 is 4.90 Å². The molecule has 5 rings (SSSR count). The molecule has 2 fully saturated rings. The fourth-order valence-corrected chi connectivity index (χ4v) is 4.57. The monoisotopic (exact) mass is 370 g/mol. The van der Waals surface area contributed by atoms with Gasteiger partial charge in [-0.15, -0.1) is 0 Å². The van der Waals surface area contributed by atoms with Crippen molar-refractivity contribution in [2.75, 3.05) is 18.0 Å². The second-order valence-corrected chi connectivity index (χ2v) is 7.17. The Bertz CT molecular complexity index is 1090. The number of hydrogen-bond donors (Lipinski definition) is 1. The van der Waals surface area contributed by atoms with E-state index in [-0.39, 0.29) is 25.3 Å². The predicted octanol–water partition coefficient (Wildman–Crippen LogP) is 2.93. The van der Waals surface area contributed by atoms with Crippen molar-refractivity contribution in [1.82, 2.24) is 20.2 Å². The normalized spacial score (nSPS) is 26.8. The molecule has 0 radical (unpaired) electrons. The average Bonchev–Trinajstić information content (AvgIpc) is 3.03. The van der Waals surface area contributed by atoms with Crippen LogP contribution in [0.3, 0.4) is 0 Å². The Balaban J connectivity index is 1.64. The van der Waals surface area contributed by atoms with Crippen molar-refractivity contribution < 1.29 is 13.2 Å². The first-order valence-corrected chi connectivity index (χ1v) is 8.37. The molecule has 136 valence electrons. The minimum Gasteiger partial charge on any atom is -0.369 e. The molecule has 0 unspecified atom stereocenters. The lowest BCUT2D eigenvalue weighted by atomic mass is 9.95. The molecule has 1 saturated carbocycles. The number of fused-ring (bicyclic) bond motifs is 2. The summed E-state index contributed by atoms with van der Waals surface area (Å²) >= 11 is 0. The van der Waals surface area contributed by atoms with Crippen molar-refractivity contribution in [3.63, 3.8) is 0 Å². The van der Waals surface area contributed by atoms with Gasteiger partial charge in [-0.1, -0.05) is 0 Å². The average molecular weight is 370 g/mol. The number of piperidine rings is 1. The number of H-pyrrole nitrogens is 1. The van der Waals surface area contributed by atoms with Crippen LogP contribution in [0.2, 0.25) is 0 Å². The Morgan fingerprint density at radius 3 is 2.74 bits per heavy atom. The van der Waals surface area contributed by atoms with Crippen LogP contribution in [0.1, 0.15) is 17.8 Å². The summed E-state index contributed by atoms with van der Waals surface area (Å²) in [6.45, 7) is 0.0185. The molecular formula is C18H13F3N6. The first-order chi connectivity index (χ1) is 12.9. The zero-order valence-corrected chi connectivity index (χ0v) is 14.0. The molecule has 2 atom stereocenters. The fourth-order valence-electron chi connectivity index (χ4n) is 4.57. The maximum Gasteiger partial charge on any atom is 0.397 e. The largest absolute Gasteiger partial charge is 0.397 e. The van der Waals surface area contributed by atoms with E-state index in [9.17, 15) is 18.4 Å². The number of anilines is 1. The molecule has 0 bridgehead atoms. The molecule has 1 saturated heterocycles. The minimum absolute atomic E-state index is 0.00164. The zero-order valence-electron chi connectivity index (χ0n) is 14.0. The van der Waals surface area contributed by atoms with Crippen molar-refractivity contribution >= 4 is 16.6 Å². The van der Waals surface area contributed by atoms with Gasteiger partial charge in [0, 0.05) is 30.4 Å². The highest BCUT2D eigenvalue weighted by atomic mass is 19.4. The molecule has 2 aromatic heterocycles. The third-order valence-corrected chi connectivity index (χ3v) is 5.93. The minimum atomic E-state index is -4.35. The Labute approximate surface area is 151 Å². The van der Waals surface area contributed by atoms with Crippen molar-refractivity contribution in [1.29, 1.82) is 5.26 Å². The molecule has 0 amide bonds. The summed E-state index contributed by atoms with van der Waals surface area (Å²) in [7, 11) is 0. The molecule has 3 heterocycles. The number of benzene rings is 1. The molecule has 0 spiro atoms. The van der Waals surface area contributed by atoms with E-state index in [0.29, 0.717) is 22.2 Å². The lowest BCUT2D eigenvalue weighted by Gasteiger charge is -2.25. The van der Waals surface area contributed by atoms with E-state index in [4.69, 9.17) is 0 Å². The van der Waals surface area contributed by atoms with Crippen LogP contribution >= 0.6 is 0 Å². The fraction of sp³-hybridized carbons (Fsp3) is 0.333. The number of rotatable bonds is 2. The maximum absolute atomic E-state index is 14.0. The van der Waals surface area contributed by atoms with Gasteiger partial charge in [0.2, 0.25) is 0 Å². The lowest BCUT2D eigenvalue weighted by Crippen LogP contribution is -2.34. The van der Waals surface area contributed by atoms with E-state index < -0.39 is 17.0 Å². The summed E-state index contributed by atoms with van der Waals surface area (Å²) in [5.74, 6) is 0.276. The van der Waals surface area contributed by atoms with Crippen molar-refractivity contribution in [3.8, 4) is 6.07 Å². The van der Waals surface area contributed by atoms with Crippen molar-refractivity contribution in [2.24, 2.45) is 5.41 Å². The quantitative estimate of drug-likeness (QED) is 0.750. The first-order valence-electron chi connectivity index (χ1n) is 8.37. The Kier molecular flexibility index (Phi) is 2.96. The summed E-state index contributed by atoms with van der Waals surface area (Å²) in [4.78, 5) is 10.0. The van der Waals surface area contributed by atoms with Crippen LogP contribution in [-0.4, -0.2) is 39.4 Å². The Hall–Kier alpha value is -3.15. The van der Waals surface area contributed by atoms with Crippen LogP contribution in [0.5, 0.6) is 0 Å². The number of pyridine rings is 1. The molecule has 6 nitrogen and oxygen atoms in total. The van der Waals surface area contributed by atoms with Crippen LogP contribution in [0.15, 0.2) is 36.8 Å². The van der Waals surface area contributed by atoms with Gasteiger partial charge in [-0.2, -0.15) is 23.5 Å². The van der Waals surface area contributed by atoms with Gasteiger partial charge >= 0.3 is 6.18 Å². The number of alkyl halides is 3. The molecule has 9 heteroatoms. The SMILES string of the molecule is N#Cc1ccc(N2C[C@]3(c4ncn[nH]4)C[C@]3(C(F)(F)F)C2)c2cccnc12. The topological polar surface area (TPSA) is 81.5 Å². The van der Waals surface area contributed by atoms with Crippen LogP contribution in [0.25, 0.3) is 10.9 Å². The smallest absolute Gasteiger partial charge is 0.369 e. The Morgan fingerprint density at radius 2 is 2.04 bits per heavy atom. The van der Waals surface area contributed by atoms with E-state index >= 15 is 0 Å². The van der Waals surface area contributed by atoms with Gasteiger partial charge in [-0.05, 0) is 30.7 Å². The molecule has 3 aromatic rings. The van der Waals surface area contributed by atoms with E-state index in [1.54, 1.807) is 35.4 Å². The molecular weight excluding hydrogens is 357 g/mol. The number of hydrogen-bond acceptors (Lipinski definition) is 5. The lowest BCUT2D eigenvalue weighted by molar-refractivity contribution is -0.186. The third kappa shape index (κ3) is 1.92. The second-order valence-electron chi connectivity index (χ2n) is 7.17. The van der Waals surface area contributed by atoms with Gasteiger partial charge in [-0.25, -0.2) is 4.98 Å². The molecule has 1 aromatic carbocycles. The third-order valence-electron chi connectivity index (χ3n) is 5.93. The maximum atomic E-state index is 14.0. The highest BCUT2D eigenvalue weighted by Gasteiger charge is 2.85. The molecule has 1 aliphatic carbocycles. The standard InChI is InChI=1S/C18H13F3N6/c19-18(20,21)17-7-16(17,15-24-10-25-26-15)8-27(9-17)13-4-3-11(6-22)14-12(13)2-1-5-23-14/h1-5,10H,7-9H2,(H,24,25,26)/t16-,17-/m0/s1.